The molecule has 0 saturated carbocycles. The fourth-order valence-corrected chi connectivity index (χ4v) is 0.495. The summed E-state index contributed by atoms with van der Waals surface area (Å²) in [7, 11) is 0. The van der Waals surface area contributed by atoms with Crippen LogP contribution in [0, 0.1) is 0 Å². The van der Waals surface area contributed by atoms with Crippen molar-refractivity contribution in [1.82, 2.24) is 0 Å². The lowest BCUT2D eigenvalue weighted by atomic mass is 10.6. The van der Waals surface area contributed by atoms with Crippen LogP contribution in [0.2, 0.25) is 0 Å². The van der Waals surface area contributed by atoms with Crippen LogP contribution in [0.25, 0.3) is 0 Å². The van der Waals surface area contributed by atoms with Crippen LogP contribution in [-0.2, 0) is 9.47 Å². The highest BCUT2D eigenvalue weighted by molar-refractivity contribution is 4.45. The summed E-state index contributed by atoms with van der Waals surface area (Å²) in [4.78, 5) is 0. The Hall–Kier alpha value is -0.290. The molecule has 0 aliphatic heterocycles. The lowest BCUT2D eigenvalue weighted by Crippen LogP contribution is -2.23. The Morgan fingerprint density at radius 1 is 1.27 bits per heavy atom. The topological polar surface area (TPSA) is 18.5 Å². The highest BCUT2D eigenvalue weighted by Crippen LogP contribution is 2.15. The molecule has 0 saturated heterocycles. The van der Waals surface area contributed by atoms with Gasteiger partial charge in [-0.3, -0.25) is 0 Å². The quantitative estimate of drug-likeness (QED) is 0.603. The van der Waals surface area contributed by atoms with Gasteiger partial charge in [0.25, 0.3) is 0 Å². The second-order valence-corrected chi connectivity index (χ2v) is 1.95. The third-order valence-corrected chi connectivity index (χ3v) is 0.883. The van der Waals surface area contributed by atoms with Crippen LogP contribution in [0.15, 0.2) is 0 Å². The van der Waals surface area contributed by atoms with Crippen LogP contribution in [0.1, 0.15) is 13.8 Å². The van der Waals surface area contributed by atoms with E-state index in [-0.39, 0.29) is 0 Å². The van der Waals surface area contributed by atoms with Crippen molar-refractivity contribution in [3.05, 3.63) is 0 Å². The van der Waals surface area contributed by atoms with Crippen molar-refractivity contribution < 1.29 is 22.6 Å². The van der Waals surface area contributed by atoms with Gasteiger partial charge in [0, 0.05) is 6.61 Å². The van der Waals surface area contributed by atoms with Crippen LogP contribution in [0.3, 0.4) is 0 Å². The van der Waals surface area contributed by atoms with Crippen LogP contribution < -0.4 is 0 Å². The van der Waals surface area contributed by atoms with E-state index in [4.69, 9.17) is 4.74 Å². The standard InChI is InChI=1S/C6H11F3O2/c1-3-10-5(2)11-4-6(7,8)9/h5H,3-4H2,1-2H3. The molecule has 0 aliphatic rings. The fourth-order valence-electron chi connectivity index (χ4n) is 0.495. The minimum absolute atomic E-state index is 0.346. The Morgan fingerprint density at radius 3 is 2.18 bits per heavy atom. The Balaban J connectivity index is 3.38. The number of hydrogen-bond donors (Lipinski definition) is 0. The molecule has 0 heterocycles. The minimum atomic E-state index is -4.27. The van der Waals surface area contributed by atoms with E-state index in [2.05, 4.69) is 4.74 Å². The van der Waals surface area contributed by atoms with Crippen LogP contribution in [0.5, 0.6) is 0 Å². The van der Waals surface area contributed by atoms with E-state index >= 15 is 0 Å². The first-order chi connectivity index (χ1) is 4.95. The fraction of sp³-hybridized carbons (Fsp3) is 1.00. The van der Waals surface area contributed by atoms with Crippen molar-refractivity contribution in [2.45, 2.75) is 26.3 Å². The maximum atomic E-state index is 11.5. The normalized spacial score (nSPS) is 15.0. The number of ether oxygens (including phenoxy) is 2. The summed E-state index contributed by atoms with van der Waals surface area (Å²) in [6.07, 6.45) is -5.06. The first kappa shape index (κ1) is 10.7. The summed E-state index contributed by atoms with van der Waals surface area (Å²) >= 11 is 0. The monoisotopic (exact) mass is 172 g/mol. The zero-order chi connectivity index (χ0) is 8.91. The van der Waals surface area contributed by atoms with Crippen molar-refractivity contribution in [2.24, 2.45) is 0 Å². The molecule has 0 aromatic heterocycles. The van der Waals surface area contributed by atoms with Gasteiger partial charge in [0.15, 0.2) is 6.29 Å². The molecule has 0 radical (unpaired) electrons. The minimum Gasteiger partial charge on any atom is -0.353 e. The van der Waals surface area contributed by atoms with Gasteiger partial charge in [0.05, 0.1) is 0 Å². The molecule has 0 aromatic rings. The van der Waals surface area contributed by atoms with E-state index in [9.17, 15) is 13.2 Å². The second kappa shape index (κ2) is 4.56. The van der Waals surface area contributed by atoms with Gasteiger partial charge in [-0.15, -0.1) is 0 Å². The molecule has 0 fully saturated rings. The van der Waals surface area contributed by atoms with E-state index in [1.807, 2.05) is 0 Å². The molecule has 0 aliphatic carbocycles. The molecule has 1 atom stereocenters. The molecular formula is C6H11F3O2. The largest absolute Gasteiger partial charge is 0.411 e. The summed E-state index contributed by atoms with van der Waals surface area (Å²) in [5, 5.41) is 0. The van der Waals surface area contributed by atoms with Gasteiger partial charge < -0.3 is 9.47 Å². The lowest BCUT2D eigenvalue weighted by Gasteiger charge is -2.13. The number of alkyl halides is 3. The summed E-state index contributed by atoms with van der Waals surface area (Å²) in [5.41, 5.74) is 0. The smallest absolute Gasteiger partial charge is 0.353 e. The van der Waals surface area contributed by atoms with Gasteiger partial charge in [-0.25, -0.2) is 0 Å². The number of halogens is 3. The van der Waals surface area contributed by atoms with E-state index in [1.54, 1.807) is 6.92 Å². The van der Waals surface area contributed by atoms with Crippen LogP contribution in [0.4, 0.5) is 13.2 Å². The zero-order valence-corrected chi connectivity index (χ0v) is 6.44. The average Bonchev–Trinajstić information content (AvgIpc) is 1.83. The van der Waals surface area contributed by atoms with E-state index in [0.29, 0.717) is 6.61 Å². The Morgan fingerprint density at radius 2 is 1.82 bits per heavy atom. The van der Waals surface area contributed by atoms with Crippen molar-refractivity contribution in [3.63, 3.8) is 0 Å². The molecule has 0 amide bonds. The summed E-state index contributed by atoms with van der Waals surface area (Å²) in [6, 6.07) is 0. The average molecular weight is 172 g/mol. The van der Waals surface area contributed by atoms with Crippen molar-refractivity contribution in [3.8, 4) is 0 Å². The molecule has 2 nitrogen and oxygen atoms in total. The molecule has 0 rings (SSSR count). The van der Waals surface area contributed by atoms with E-state index in [0.717, 1.165) is 0 Å². The van der Waals surface area contributed by atoms with Crippen molar-refractivity contribution in [2.75, 3.05) is 13.2 Å². The van der Waals surface area contributed by atoms with Gasteiger partial charge >= 0.3 is 6.18 Å². The summed E-state index contributed by atoms with van der Waals surface area (Å²) in [6.45, 7) is 2.20. The van der Waals surface area contributed by atoms with E-state index in [1.165, 1.54) is 6.92 Å². The van der Waals surface area contributed by atoms with Gasteiger partial charge in [-0.05, 0) is 13.8 Å². The molecule has 0 bridgehead atoms. The third kappa shape index (κ3) is 7.61. The van der Waals surface area contributed by atoms with Crippen molar-refractivity contribution in [1.29, 1.82) is 0 Å². The predicted molar refractivity (Wildman–Crippen MR) is 33.1 cm³/mol. The Kier molecular flexibility index (Phi) is 4.44. The van der Waals surface area contributed by atoms with Crippen molar-refractivity contribution >= 4 is 0 Å². The molecule has 68 valence electrons. The Labute approximate surface area is 63.3 Å². The third-order valence-electron chi connectivity index (χ3n) is 0.883. The molecule has 5 heteroatoms. The summed E-state index contributed by atoms with van der Waals surface area (Å²) < 4.78 is 43.4. The number of hydrogen-bond acceptors (Lipinski definition) is 2. The van der Waals surface area contributed by atoms with Gasteiger partial charge in [-0.2, -0.15) is 13.2 Å². The van der Waals surface area contributed by atoms with Crippen LogP contribution in [-0.4, -0.2) is 25.7 Å². The molecule has 0 N–H and O–H groups in total. The molecule has 11 heavy (non-hydrogen) atoms. The molecular weight excluding hydrogens is 161 g/mol. The van der Waals surface area contributed by atoms with Gasteiger partial charge in [0.1, 0.15) is 6.61 Å². The molecule has 0 spiro atoms. The van der Waals surface area contributed by atoms with Gasteiger partial charge in [0.2, 0.25) is 0 Å². The molecule has 0 aromatic carbocycles. The highest BCUT2D eigenvalue weighted by Gasteiger charge is 2.28. The maximum Gasteiger partial charge on any atom is 0.411 e. The van der Waals surface area contributed by atoms with Gasteiger partial charge in [-0.1, -0.05) is 0 Å². The van der Waals surface area contributed by atoms with Crippen LogP contribution >= 0.6 is 0 Å². The maximum absolute atomic E-state index is 11.5. The lowest BCUT2D eigenvalue weighted by molar-refractivity contribution is -0.222. The van der Waals surface area contributed by atoms with E-state index < -0.39 is 19.1 Å². The predicted octanol–water partition coefficient (Wildman–Crippen LogP) is 1.95. The highest BCUT2D eigenvalue weighted by atomic mass is 19.4. The second-order valence-electron chi connectivity index (χ2n) is 1.95. The SMILES string of the molecule is CCOC(C)OCC(F)(F)F. The molecule has 1 unspecified atom stereocenters. The first-order valence-corrected chi connectivity index (χ1v) is 3.25. The first-order valence-electron chi connectivity index (χ1n) is 3.25. The number of rotatable bonds is 4. The zero-order valence-electron chi connectivity index (χ0n) is 6.44. The Bertz CT molecular complexity index is 102. The summed E-state index contributed by atoms with van der Waals surface area (Å²) in [5.74, 6) is 0.